The van der Waals surface area contributed by atoms with Gasteiger partial charge >= 0.3 is 0 Å². The summed E-state index contributed by atoms with van der Waals surface area (Å²) in [5.74, 6) is 1.80. The van der Waals surface area contributed by atoms with Gasteiger partial charge in [0.05, 0.1) is 14.2 Å². The van der Waals surface area contributed by atoms with Gasteiger partial charge in [-0.1, -0.05) is 0 Å². The average molecular weight is 369 g/mol. The van der Waals surface area contributed by atoms with Gasteiger partial charge in [-0.15, -0.1) is 0 Å². The molecule has 1 amide bonds. The van der Waals surface area contributed by atoms with E-state index < -0.39 is 12.1 Å². The van der Waals surface area contributed by atoms with Crippen molar-refractivity contribution in [3.63, 3.8) is 0 Å². The summed E-state index contributed by atoms with van der Waals surface area (Å²) in [7, 11) is 5.06. The zero-order valence-corrected chi connectivity index (χ0v) is 15.8. The highest BCUT2D eigenvalue weighted by molar-refractivity contribution is 5.80. The molecule has 1 aromatic carbocycles. The summed E-state index contributed by atoms with van der Waals surface area (Å²) in [6.45, 7) is 1.80. The highest BCUT2D eigenvalue weighted by Crippen LogP contribution is 2.29. The maximum absolute atomic E-state index is 12.9. The van der Waals surface area contributed by atoms with E-state index in [2.05, 4.69) is 15.4 Å². The number of amides is 1. The van der Waals surface area contributed by atoms with Crippen molar-refractivity contribution in [2.75, 3.05) is 14.2 Å². The summed E-state index contributed by atoms with van der Waals surface area (Å²) in [5, 5.41) is 7.22. The standard InChI is InChI=1S/C19H23N5O3/c1-13(24-8-5-6-21-24)19(25)22-17(18-20-7-9-23(18)2)14-10-15(26-3)12-16(11-14)27-4/h5-13,17H,1-4H3,(H,22,25). The first kappa shape index (κ1) is 18.5. The number of ether oxygens (including phenoxy) is 2. The first-order valence-electron chi connectivity index (χ1n) is 8.53. The molecule has 0 aliphatic heterocycles. The second-order valence-electron chi connectivity index (χ2n) is 6.15. The van der Waals surface area contributed by atoms with E-state index in [1.54, 1.807) is 56.5 Å². The van der Waals surface area contributed by atoms with E-state index in [1.807, 2.05) is 29.9 Å². The summed E-state index contributed by atoms with van der Waals surface area (Å²) in [4.78, 5) is 17.3. The van der Waals surface area contributed by atoms with Gasteiger partial charge in [0.2, 0.25) is 5.91 Å². The van der Waals surface area contributed by atoms with Gasteiger partial charge < -0.3 is 19.4 Å². The SMILES string of the molecule is COc1cc(OC)cc(C(NC(=O)C(C)n2cccn2)c2nccn2C)c1. The Bertz CT molecular complexity index is 882. The fourth-order valence-corrected chi connectivity index (χ4v) is 2.84. The van der Waals surface area contributed by atoms with Crippen molar-refractivity contribution < 1.29 is 14.3 Å². The zero-order chi connectivity index (χ0) is 19.4. The lowest BCUT2D eigenvalue weighted by Crippen LogP contribution is -2.36. The normalized spacial score (nSPS) is 13.0. The summed E-state index contributed by atoms with van der Waals surface area (Å²) >= 11 is 0. The Hall–Kier alpha value is -3.29. The second-order valence-corrected chi connectivity index (χ2v) is 6.15. The summed E-state index contributed by atoms with van der Waals surface area (Å²) in [6.07, 6.45) is 6.94. The number of nitrogens with zero attached hydrogens (tertiary/aromatic N) is 4. The van der Waals surface area contributed by atoms with Crippen molar-refractivity contribution in [2.24, 2.45) is 7.05 Å². The first-order valence-corrected chi connectivity index (χ1v) is 8.53. The largest absolute Gasteiger partial charge is 0.497 e. The van der Waals surface area contributed by atoms with Gasteiger partial charge in [0.25, 0.3) is 0 Å². The number of rotatable bonds is 7. The van der Waals surface area contributed by atoms with Crippen molar-refractivity contribution >= 4 is 5.91 Å². The molecule has 0 radical (unpaired) electrons. The molecule has 1 N–H and O–H groups in total. The molecule has 8 nitrogen and oxygen atoms in total. The Labute approximate surface area is 157 Å². The first-order chi connectivity index (χ1) is 13.0. The molecule has 0 aliphatic carbocycles. The molecule has 0 aliphatic rings. The Balaban J connectivity index is 1.98. The predicted octanol–water partition coefficient (Wildman–Crippen LogP) is 2.10. The monoisotopic (exact) mass is 369 g/mol. The highest BCUT2D eigenvalue weighted by atomic mass is 16.5. The number of carbonyl (C=O) groups excluding carboxylic acids is 1. The van der Waals surface area contributed by atoms with Crippen LogP contribution in [0.3, 0.4) is 0 Å². The van der Waals surface area contributed by atoms with Gasteiger partial charge in [-0.3, -0.25) is 9.48 Å². The third-order valence-corrected chi connectivity index (χ3v) is 4.41. The third-order valence-electron chi connectivity index (χ3n) is 4.41. The zero-order valence-electron chi connectivity index (χ0n) is 15.8. The number of carbonyl (C=O) groups is 1. The Morgan fingerprint density at radius 2 is 1.81 bits per heavy atom. The Morgan fingerprint density at radius 3 is 2.33 bits per heavy atom. The molecule has 0 spiro atoms. The Kier molecular flexibility index (Phi) is 5.44. The molecule has 0 saturated heterocycles. The van der Waals surface area contributed by atoms with Crippen LogP contribution in [0.25, 0.3) is 0 Å². The fourth-order valence-electron chi connectivity index (χ4n) is 2.84. The molecular weight excluding hydrogens is 346 g/mol. The third kappa shape index (κ3) is 3.94. The average Bonchev–Trinajstić information content (AvgIpc) is 3.36. The molecular formula is C19H23N5O3. The van der Waals surface area contributed by atoms with E-state index in [0.29, 0.717) is 17.3 Å². The topological polar surface area (TPSA) is 83.2 Å². The predicted molar refractivity (Wildman–Crippen MR) is 99.7 cm³/mol. The molecule has 3 rings (SSSR count). The fraction of sp³-hybridized carbons (Fsp3) is 0.316. The number of aromatic nitrogens is 4. The van der Waals surface area contributed by atoms with Gasteiger partial charge in [0, 0.05) is 37.9 Å². The molecule has 2 atom stereocenters. The van der Waals surface area contributed by atoms with Gasteiger partial charge in [-0.2, -0.15) is 5.10 Å². The lowest BCUT2D eigenvalue weighted by atomic mass is 10.0. The number of nitrogens with one attached hydrogen (secondary N) is 1. The maximum atomic E-state index is 12.9. The second kappa shape index (κ2) is 7.94. The van der Waals surface area contributed by atoms with Gasteiger partial charge in [-0.25, -0.2) is 4.98 Å². The lowest BCUT2D eigenvalue weighted by Gasteiger charge is -2.22. The van der Waals surface area contributed by atoms with Crippen LogP contribution in [0, 0.1) is 0 Å². The minimum atomic E-state index is -0.473. The van der Waals surface area contributed by atoms with Crippen LogP contribution in [0.1, 0.15) is 30.4 Å². The van der Waals surface area contributed by atoms with Crippen molar-refractivity contribution in [1.82, 2.24) is 24.6 Å². The highest BCUT2D eigenvalue weighted by Gasteiger charge is 2.25. The van der Waals surface area contributed by atoms with Crippen molar-refractivity contribution in [3.8, 4) is 11.5 Å². The van der Waals surface area contributed by atoms with Gasteiger partial charge in [0.1, 0.15) is 29.4 Å². The van der Waals surface area contributed by atoms with Gasteiger partial charge in [-0.05, 0) is 30.7 Å². The maximum Gasteiger partial charge on any atom is 0.245 e. The van der Waals surface area contributed by atoms with E-state index in [0.717, 1.165) is 5.56 Å². The van der Waals surface area contributed by atoms with Crippen LogP contribution in [0.15, 0.2) is 49.1 Å². The van der Waals surface area contributed by atoms with Crippen LogP contribution >= 0.6 is 0 Å². The molecule has 2 heterocycles. The van der Waals surface area contributed by atoms with E-state index in [-0.39, 0.29) is 5.91 Å². The molecule has 0 fully saturated rings. The number of hydrogen-bond acceptors (Lipinski definition) is 5. The van der Waals surface area contributed by atoms with Crippen LogP contribution in [0.2, 0.25) is 0 Å². The molecule has 8 heteroatoms. The van der Waals surface area contributed by atoms with E-state index in [1.165, 1.54) is 0 Å². The van der Waals surface area contributed by atoms with Crippen LogP contribution in [-0.4, -0.2) is 39.5 Å². The summed E-state index contributed by atoms with van der Waals surface area (Å²) < 4.78 is 14.2. The minimum Gasteiger partial charge on any atom is -0.497 e. The molecule has 27 heavy (non-hydrogen) atoms. The van der Waals surface area contributed by atoms with Crippen molar-refractivity contribution in [3.05, 3.63) is 60.4 Å². The molecule has 0 bridgehead atoms. The van der Waals surface area contributed by atoms with Crippen LogP contribution in [-0.2, 0) is 11.8 Å². The van der Waals surface area contributed by atoms with Crippen LogP contribution < -0.4 is 14.8 Å². The molecule has 3 aromatic rings. The minimum absolute atomic E-state index is 0.173. The Morgan fingerprint density at radius 1 is 1.11 bits per heavy atom. The smallest absolute Gasteiger partial charge is 0.245 e. The van der Waals surface area contributed by atoms with Crippen LogP contribution in [0.5, 0.6) is 11.5 Å². The molecule has 0 saturated carbocycles. The van der Waals surface area contributed by atoms with E-state index >= 15 is 0 Å². The van der Waals surface area contributed by atoms with E-state index in [9.17, 15) is 4.79 Å². The number of methoxy groups -OCH3 is 2. The van der Waals surface area contributed by atoms with Gasteiger partial charge in [0.15, 0.2) is 0 Å². The quantitative estimate of drug-likeness (QED) is 0.690. The number of imidazole rings is 1. The summed E-state index contributed by atoms with van der Waals surface area (Å²) in [6, 6.07) is 6.36. The molecule has 142 valence electrons. The van der Waals surface area contributed by atoms with Crippen molar-refractivity contribution in [1.29, 1.82) is 0 Å². The summed E-state index contributed by atoms with van der Waals surface area (Å²) in [5.41, 5.74) is 0.807. The number of hydrogen-bond donors (Lipinski definition) is 1. The number of benzene rings is 1. The molecule has 2 unspecified atom stereocenters. The lowest BCUT2D eigenvalue weighted by molar-refractivity contribution is -0.124. The van der Waals surface area contributed by atoms with Crippen molar-refractivity contribution in [2.45, 2.75) is 19.0 Å². The number of aryl methyl sites for hydroxylation is 1. The molecule has 2 aromatic heterocycles. The van der Waals surface area contributed by atoms with E-state index in [4.69, 9.17) is 9.47 Å². The van der Waals surface area contributed by atoms with Crippen LogP contribution in [0.4, 0.5) is 0 Å².